The van der Waals surface area contributed by atoms with Crippen molar-refractivity contribution in [3.05, 3.63) is 35.9 Å². The molecule has 0 radical (unpaired) electrons. The van der Waals surface area contributed by atoms with E-state index in [1.807, 2.05) is 0 Å². The summed E-state index contributed by atoms with van der Waals surface area (Å²) in [5.74, 6) is -1.50. The van der Waals surface area contributed by atoms with Crippen LogP contribution in [0.5, 0.6) is 0 Å². The molecule has 0 saturated carbocycles. The van der Waals surface area contributed by atoms with Crippen LogP contribution in [0.3, 0.4) is 0 Å². The SMILES string of the molecule is C[C@@H]1[C@@H](OC(=O)c2ccccc2)OC(=O)[C@]1(C)CO. The van der Waals surface area contributed by atoms with Gasteiger partial charge < -0.3 is 14.6 Å². The van der Waals surface area contributed by atoms with Crippen molar-refractivity contribution in [2.45, 2.75) is 20.1 Å². The van der Waals surface area contributed by atoms with Gasteiger partial charge >= 0.3 is 11.9 Å². The number of hydrogen-bond donors (Lipinski definition) is 1. The summed E-state index contributed by atoms with van der Waals surface area (Å²) < 4.78 is 10.2. The van der Waals surface area contributed by atoms with E-state index in [0.717, 1.165) is 0 Å². The molecular weight excluding hydrogens is 248 g/mol. The van der Waals surface area contributed by atoms with E-state index in [1.165, 1.54) is 0 Å². The number of rotatable bonds is 3. The summed E-state index contributed by atoms with van der Waals surface area (Å²) in [5.41, 5.74) is -0.634. The summed E-state index contributed by atoms with van der Waals surface area (Å²) >= 11 is 0. The molecule has 2 rings (SSSR count). The molecule has 5 nitrogen and oxygen atoms in total. The van der Waals surface area contributed by atoms with Gasteiger partial charge in [0.15, 0.2) is 0 Å². The molecule has 0 aromatic heterocycles. The van der Waals surface area contributed by atoms with Crippen molar-refractivity contribution in [2.24, 2.45) is 11.3 Å². The lowest BCUT2D eigenvalue weighted by Gasteiger charge is -2.22. The fourth-order valence-corrected chi connectivity index (χ4v) is 1.91. The molecule has 1 fully saturated rings. The third kappa shape index (κ3) is 2.33. The zero-order valence-electron chi connectivity index (χ0n) is 10.8. The van der Waals surface area contributed by atoms with Gasteiger partial charge in [0.1, 0.15) is 0 Å². The van der Waals surface area contributed by atoms with Gasteiger partial charge in [0.25, 0.3) is 6.29 Å². The third-order valence-electron chi connectivity index (χ3n) is 3.66. The van der Waals surface area contributed by atoms with Crippen LogP contribution in [0.4, 0.5) is 0 Å². The van der Waals surface area contributed by atoms with Gasteiger partial charge in [-0.1, -0.05) is 25.1 Å². The van der Waals surface area contributed by atoms with Crippen molar-refractivity contribution in [3.8, 4) is 0 Å². The Morgan fingerprint density at radius 1 is 1.42 bits per heavy atom. The maximum absolute atomic E-state index is 11.9. The first kappa shape index (κ1) is 13.5. The van der Waals surface area contributed by atoms with Gasteiger partial charge in [-0.2, -0.15) is 0 Å². The molecule has 1 aliphatic heterocycles. The number of benzene rings is 1. The van der Waals surface area contributed by atoms with Gasteiger partial charge in [0, 0.05) is 5.92 Å². The van der Waals surface area contributed by atoms with Crippen molar-refractivity contribution < 1.29 is 24.2 Å². The van der Waals surface area contributed by atoms with Crippen LogP contribution in [0.15, 0.2) is 30.3 Å². The van der Waals surface area contributed by atoms with E-state index in [1.54, 1.807) is 44.2 Å². The van der Waals surface area contributed by atoms with Crippen molar-refractivity contribution >= 4 is 11.9 Å². The van der Waals surface area contributed by atoms with Crippen molar-refractivity contribution in [1.82, 2.24) is 0 Å². The Bertz CT molecular complexity index is 484. The third-order valence-corrected chi connectivity index (χ3v) is 3.66. The molecule has 1 heterocycles. The first-order valence-corrected chi connectivity index (χ1v) is 6.07. The van der Waals surface area contributed by atoms with E-state index in [0.29, 0.717) is 5.56 Å². The molecular formula is C14H16O5. The Hall–Kier alpha value is -1.88. The molecule has 1 aliphatic rings. The van der Waals surface area contributed by atoms with Gasteiger partial charge in [0.05, 0.1) is 17.6 Å². The number of cyclic esters (lactones) is 1. The highest BCUT2D eigenvalue weighted by Crippen LogP contribution is 2.39. The van der Waals surface area contributed by atoms with E-state index >= 15 is 0 Å². The molecule has 5 heteroatoms. The lowest BCUT2D eigenvalue weighted by Crippen LogP contribution is -2.34. The number of hydrogen-bond acceptors (Lipinski definition) is 5. The van der Waals surface area contributed by atoms with E-state index in [-0.39, 0.29) is 6.61 Å². The number of aliphatic hydroxyl groups is 1. The van der Waals surface area contributed by atoms with Gasteiger partial charge in [-0.15, -0.1) is 0 Å². The van der Waals surface area contributed by atoms with Gasteiger partial charge in [0.2, 0.25) is 0 Å². The lowest BCUT2D eigenvalue weighted by atomic mass is 9.81. The highest BCUT2D eigenvalue weighted by Gasteiger charge is 2.53. The van der Waals surface area contributed by atoms with Crippen LogP contribution in [0.25, 0.3) is 0 Å². The normalized spacial score (nSPS) is 29.9. The zero-order valence-corrected chi connectivity index (χ0v) is 10.8. The Labute approximate surface area is 111 Å². The maximum atomic E-state index is 11.9. The predicted molar refractivity (Wildman–Crippen MR) is 66.1 cm³/mol. The first-order chi connectivity index (χ1) is 8.99. The minimum Gasteiger partial charge on any atom is -0.424 e. The lowest BCUT2D eigenvalue weighted by molar-refractivity contribution is -0.159. The molecule has 1 aromatic rings. The Morgan fingerprint density at radius 2 is 2.05 bits per heavy atom. The second-order valence-corrected chi connectivity index (χ2v) is 4.91. The van der Waals surface area contributed by atoms with Crippen LogP contribution < -0.4 is 0 Å². The monoisotopic (exact) mass is 264 g/mol. The predicted octanol–water partition coefficient (Wildman–Crippen LogP) is 1.36. The van der Waals surface area contributed by atoms with E-state index in [4.69, 9.17) is 9.47 Å². The van der Waals surface area contributed by atoms with E-state index in [9.17, 15) is 14.7 Å². The molecule has 1 saturated heterocycles. The average molecular weight is 264 g/mol. The fraction of sp³-hybridized carbons (Fsp3) is 0.429. The summed E-state index contributed by atoms with van der Waals surface area (Å²) in [6.07, 6.45) is -0.961. The van der Waals surface area contributed by atoms with Crippen molar-refractivity contribution in [1.29, 1.82) is 0 Å². The molecule has 3 atom stereocenters. The summed E-state index contributed by atoms with van der Waals surface area (Å²) in [6, 6.07) is 8.47. The van der Waals surface area contributed by atoms with Crippen molar-refractivity contribution in [3.63, 3.8) is 0 Å². The van der Waals surface area contributed by atoms with Crippen LogP contribution in [0.2, 0.25) is 0 Å². The van der Waals surface area contributed by atoms with Crippen LogP contribution in [0.1, 0.15) is 24.2 Å². The summed E-state index contributed by atoms with van der Waals surface area (Å²) in [6.45, 7) is 2.97. The number of carbonyl (C=O) groups is 2. The highest BCUT2D eigenvalue weighted by molar-refractivity contribution is 5.89. The van der Waals surface area contributed by atoms with Crippen molar-refractivity contribution in [2.75, 3.05) is 6.61 Å². The Kier molecular flexibility index (Phi) is 3.57. The number of esters is 2. The molecule has 0 unspecified atom stereocenters. The fourth-order valence-electron chi connectivity index (χ4n) is 1.91. The van der Waals surface area contributed by atoms with Gasteiger partial charge in [-0.05, 0) is 19.1 Å². The largest absolute Gasteiger partial charge is 0.424 e. The zero-order chi connectivity index (χ0) is 14.0. The molecule has 0 bridgehead atoms. The highest BCUT2D eigenvalue weighted by atomic mass is 16.7. The van der Waals surface area contributed by atoms with E-state index < -0.39 is 29.6 Å². The van der Waals surface area contributed by atoms with Gasteiger partial charge in [-0.25, -0.2) is 4.79 Å². The molecule has 1 N–H and O–H groups in total. The van der Waals surface area contributed by atoms with E-state index in [2.05, 4.69) is 0 Å². The quantitative estimate of drug-likeness (QED) is 0.834. The van der Waals surface area contributed by atoms with Gasteiger partial charge in [-0.3, -0.25) is 4.79 Å². The topological polar surface area (TPSA) is 72.8 Å². The summed E-state index contributed by atoms with van der Waals surface area (Å²) in [5, 5.41) is 9.29. The smallest absolute Gasteiger partial charge is 0.341 e. The summed E-state index contributed by atoms with van der Waals surface area (Å²) in [4.78, 5) is 23.6. The summed E-state index contributed by atoms with van der Waals surface area (Å²) in [7, 11) is 0. The first-order valence-electron chi connectivity index (χ1n) is 6.07. The van der Waals surface area contributed by atoms with Crippen LogP contribution in [-0.2, 0) is 14.3 Å². The minimum absolute atomic E-state index is 0.341. The molecule has 0 spiro atoms. The molecule has 102 valence electrons. The van der Waals surface area contributed by atoms with Crippen LogP contribution in [-0.4, -0.2) is 29.9 Å². The minimum atomic E-state index is -1.03. The van der Waals surface area contributed by atoms with Crippen LogP contribution >= 0.6 is 0 Å². The van der Waals surface area contributed by atoms with Crippen LogP contribution in [0, 0.1) is 11.3 Å². The molecule has 0 aliphatic carbocycles. The second kappa shape index (κ2) is 5.01. The molecule has 19 heavy (non-hydrogen) atoms. The Morgan fingerprint density at radius 3 is 2.58 bits per heavy atom. The number of aliphatic hydroxyl groups excluding tert-OH is 1. The maximum Gasteiger partial charge on any atom is 0.341 e. The standard InChI is InChI=1S/C14H16O5/c1-9-12(19-13(17)14(9,2)8-15)18-11(16)10-6-4-3-5-7-10/h3-7,9,12,15H,8H2,1-2H3/t9-,12+,14-/m1/s1. The number of carbonyl (C=O) groups excluding carboxylic acids is 2. The number of ether oxygens (including phenoxy) is 2. The molecule has 0 amide bonds. The second-order valence-electron chi connectivity index (χ2n) is 4.91. The Balaban J connectivity index is 2.09. The molecule has 1 aromatic carbocycles. The average Bonchev–Trinajstić information content (AvgIpc) is 2.65.